The van der Waals surface area contributed by atoms with Crippen molar-refractivity contribution >= 4 is 38.9 Å². The first kappa shape index (κ1) is 14.2. The number of hydrogen-bond donors (Lipinski definition) is 1. The molecule has 0 saturated heterocycles. The Morgan fingerprint density at radius 2 is 1.95 bits per heavy atom. The average Bonchev–Trinajstić information content (AvgIpc) is 2.70. The summed E-state index contributed by atoms with van der Waals surface area (Å²) in [5.74, 6) is 0.376. The minimum absolute atomic E-state index is 0.0735. The molecule has 0 aliphatic heterocycles. The second kappa shape index (κ2) is 5.40. The summed E-state index contributed by atoms with van der Waals surface area (Å²) in [4.78, 5) is 0. The highest BCUT2D eigenvalue weighted by molar-refractivity contribution is 7.92. The van der Waals surface area contributed by atoms with E-state index in [4.69, 9.17) is 23.2 Å². The molecule has 2 rings (SSSR count). The Labute approximate surface area is 121 Å². The van der Waals surface area contributed by atoms with Crippen molar-refractivity contribution in [2.45, 2.75) is 10.9 Å². The Morgan fingerprint density at radius 3 is 2.42 bits per heavy atom. The second-order valence-electron chi connectivity index (χ2n) is 3.86. The summed E-state index contributed by atoms with van der Waals surface area (Å²) >= 11 is 11.5. The van der Waals surface area contributed by atoms with Gasteiger partial charge in [0.2, 0.25) is 0 Å². The molecule has 0 unspecified atom stereocenters. The topological polar surface area (TPSA) is 64.0 Å². The van der Waals surface area contributed by atoms with Crippen molar-refractivity contribution in [2.24, 2.45) is 7.05 Å². The molecule has 1 heterocycles. The highest BCUT2D eigenvalue weighted by Crippen LogP contribution is 2.23. The van der Waals surface area contributed by atoms with E-state index in [1.165, 1.54) is 17.9 Å². The zero-order valence-corrected chi connectivity index (χ0v) is 12.3. The third-order valence-electron chi connectivity index (χ3n) is 2.46. The summed E-state index contributed by atoms with van der Waals surface area (Å²) in [5.41, 5.74) is 1.34. The van der Waals surface area contributed by atoms with Gasteiger partial charge in [0.25, 0.3) is 10.0 Å². The number of anilines is 1. The first-order chi connectivity index (χ1) is 8.94. The number of nitrogens with zero attached hydrogens (tertiary/aromatic N) is 2. The van der Waals surface area contributed by atoms with Crippen LogP contribution in [0.4, 0.5) is 5.69 Å². The molecule has 0 fully saturated rings. The monoisotopic (exact) mass is 319 g/mol. The van der Waals surface area contributed by atoms with Crippen LogP contribution in [0.15, 0.2) is 35.5 Å². The van der Waals surface area contributed by atoms with Crippen LogP contribution < -0.4 is 4.72 Å². The predicted molar refractivity (Wildman–Crippen MR) is 75.0 cm³/mol. The van der Waals surface area contributed by atoms with E-state index in [1.807, 2.05) is 0 Å². The lowest BCUT2D eigenvalue weighted by Crippen LogP contribution is -2.17. The second-order valence-corrected chi connectivity index (χ2v) is 6.13. The Balaban J connectivity index is 2.31. The van der Waals surface area contributed by atoms with Crippen LogP contribution in [-0.4, -0.2) is 18.2 Å². The minimum Gasteiger partial charge on any atom is -0.278 e. The van der Waals surface area contributed by atoms with Gasteiger partial charge in [-0.3, -0.25) is 9.40 Å². The minimum atomic E-state index is -3.77. The largest absolute Gasteiger partial charge is 0.280 e. The molecule has 1 aromatic heterocycles. The van der Waals surface area contributed by atoms with Gasteiger partial charge in [-0.05, 0) is 17.7 Å². The van der Waals surface area contributed by atoms with E-state index < -0.39 is 10.0 Å². The third kappa shape index (κ3) is 3.02. The maximum Gasteiger partial charge on any atom is 0.280 e. The van der Waals surface area contributed by atoms with Crippen LogP contribution in [0.25, 0.3) is 0 Å². The van der Waals surface area contributed by atoms with Gasteiger partial charge in [-0.1, -0.05) is 23.7 Å². The smallest absolute Gasteiger partial charge is 0.278 e. The zero-order chi connectivity index (χ0) is 14.0. The van der Waals surface area contributed by atoms with Crippen LogP contribution in [0.2, 0.25) is 5.02 Å². The van der Waals surface area contributed by atoms with Crippen molar-refractivity contribution in [2.75, 3.05) is 4.72 Å². The van der Waals surface area contributed by atoms with Crippen LogP contribution in [0.3, 0.4) is 0 Å². The van der Waals surface area contributed by atoms with Crippen molar-refractivity contribution < 1.29 is 8.42 Å². The molecule has 0 aliphatic rings. The number of rotatable bonds is 4. The van der Waals surface area contributed by atoms with Gasteiger partial charge in [-0.15, -0.1) is 11.6 Å². The summed E-state index contributed by atoms with van der Waals surface area (Å²) in [6.45, 7) is 0. The van der Waals surface area contributed by atoms with Crippen molar-refractivity contribution in [3.63, 3.8) is 0 Å². The van der Waals surface area contributed by atoms with E-state index in [0.29, 0.717) is 11.6 Å². The van der Waals surface area contributed by atoms with Crippen molar-refractivity contribution in [1.29, 1.82) is 0 Å². The first-order valence-electron chi connectivity index (χ1n) is 5.29. The molecule has 0 amide bonds. The fourth-order valence-corrected chi connectivity index (χ4v) is 3.46. The van der Waals surface area contributed by atoms with Crippen molar-refractivity contribution in [1.82, 2.24) is 9.78 Å². The van der Waals surface area contributed by atoms with E-state index in [2.05, 4.69) is 9.82 Å². The van der Waals surface area contributed by atoms with Gasteiger partial charge in [0.05, 0.1) is 11.2 Å². The van der Waals surface area contributed by atoms with Crippen LogP contribution in [0.1, 0.15) is 5.56 Å². The molecule has 1 N–H and O–H groups in total. The number of benzene rings is 1. The number of aryl methyl sites for hydroxylation is 1. The fraction of sp³-hybridized carbons (Fsp3) is 0.182. The van der Waals surface area contributed by atoms with Crippen LogP contribution in [0.5, 0.6) is 0 Å². The number of sulfonamides is 1. The van der Waals surface area contributed by atoms with E-state index in [-0.39, 0.29) is 10.0 Å². The normalized spacial score (nSPS) is 11.5. The SMILES string of the molecule is Cn1ncc(Cl)c1S(=O)(=O)Nc1ccc(CCl)cc1. The quantitative estimate of drug-likeness (QED) is 0.881. The summed E-state index contributed by atoms with van der Waals surface area (Å²) in [5, 5.41) is 3.80. The molecule has 0 radical (unpaired) electrons. The molecule has 5 nitrogen and oxygen atoms in total. The van der Waals surface area contributed by atoms with E-state index >= 15 is 0 Å². The lowest BCUT2D eigenvalue weighted by molar-refractivity contribution is 0.582. The van der Waals surface area contributed by atoms with E-state index in [1.54, 1.807) is 24.3 Å². The molecule has 0 spiro atoms. The maximum atomic E-state index is 12.2. The molecule has 8 heteroatoms. The van der Waals surface area contributed by atoms with Crippen LogP contribution >= 0.6 is 23.2 Å². The third-order valence-corrected chi connectivity index (χ3v) is 4.65. The maximum absolute atomic E-state index is 12.2. The van der Waals surface area contributed by atoms with Gasteiger partial charge in [0, 0.05) is 18.6 Å². The summed E-state index contributed by atoms with van der Waals surface area (Å²) in [6.07, 6.45) is 1.28. The van der Waals surface area contributed by atoms with Crippen LogP contribution in [0, 0.1) is 0 Å². The highest BCUT2D eigenvalue weighted by atomic mass is 35.5. The first-order valence-corrected chi connectivity index (χ1v) is 7.69. The standard InChI is InChI=1S/C11H11Cl2N3O2S/c1-16-11(10(13)7-14-16)19(17,18)15-9-4-2-8(6-12)3-5-9/h2-5,7,15H,6H2,1H3. The lowest BCUT2D eigenvalue weighted by Gasteiger charge is -2.09. The Morgan fingerprint density at radius 1 is 1.32 bits per heavy atom. The van der Waals surface area contributed by atoms with Crippen LogP contribution in [-0.2, 0) is 23.0 Å². The molecule has 1 aromatic carbocycles. The van der Waals surface area contributed by atoms with Crippen molar-refractivity contribution in [3.05, 3.63) is 41.0 Å². The molecular formula is C11H11Cl2N3O2S. The molecule has 0 aliphatic carbocycles. The Hall–Kier alpha value is -1.24. The van der Waals surface area contributed by atoms with Gasteiger partial charge in [-0.25, -0.2) is 0 Å². The zero-order valence-electron chi connectivity index (χ0n) is 9.97. The molecule has 0 saturated carbocycles. The molecule has 0 bridgehead atoms. The van der Waals surface area contributed by atoms with Gasteiger partial charge in [0.1, 0.15) is 0 Å². The summed E-state index contributed by atoms with van der Waals surface area (Å²) in [6, 6.07) is 6.77. The van der Waals surface area contributed by atoms with E-state index in [9.17, 15) is 8.42 Å². The number of nitrogens with one attached hydrogen (secondary N) is 1. The highest BCUT2D eigenvalue weighted by Gasteiger charge is 2.22. The average molecular weight is 320 g/mol. The molecular weight excluding hydrogens is 309 g/mol. The predicted octanol–water partition coefficient (Wildman–Crippen LogP) is 2.61. The van der Waals surface area contributed by atoms with Gasteiger partial charge >= 0.3 is 0 Å². The number of alkyl halides is 1. The fourth-order valence-electron chi connectivity index (χ4n) is 1.57. The van der Waals surface area contributed by atoms with Gasteiger partial charge in [0.15, 0.2) is 5.03 Å². The summed E-state index contributed by atoms with van der Waals surface area (Å²) in [7, 11) is -2.25. The molecule has 19 heavy (non-hydrogen) atoms. The molecule has 0 atom stereocenters. The van der Waals surface area contributed by atoms with Gasteiger partial charge < -0.3 is 0 Å². The molecule has 102 valence electrons. The Kier molecular flexibility index (Phi) is 4.03. The Bertz CT molecular complexity index is 661. The molecule has 2 aromatic rings. The summed E-state index contributed by atoms with van der Waals surface area (Å²) < 4.78 is 28.0. The number of hydrogen-bond acceptors (Lipinski definition) is 3. The lowest BCUT2D eigenvalue weighted by atomic mass is 10.2. The number of halogens is 2. The van der Waals surface area contributed by atoms with Gasteiger partial charge in [-0.2, -0.15) is 13.5 Å². The van der Waals surface area contributed by atoms with E-state index in [0.717, 1.165) is 5.56 Å². The van der Waals surface area contributed by atoms with Crippen molar-refractivity contribution in [3.8, 4) is 0 Å². The number of aromatic nitrogens is 2.